The second-order valence-electron chi connectivity index (χ2n) is 7.63. The van der Waals surface area contributed by atoms with E-state index < -0.39 is 0 Å². The zero-order chi connectivity index (χ0) is 18.5. The summed E-state index contributed by atoms with van der Waals surface area (Å²) in [7, 11) is 0. The molecule has 8 heteroatoms. The van der Waals surface area contributed by atoms with Gasteiger partial charge in [0.05, 0.1) is 5.92 Å². The topological polar surface area (TPSA) is 78.4 Å². The largest absolute Gasteiger partial charge is 0.356 e. The third-order valence-electron chi connectivity index (χ3n) is 5.04. The molecule has 1 unspecified atom stereocenters. The number of hydrogen-bond donors (Lipinski definition) is 1. The molecule has 3 heterocycles. The van der Waals surface area contributed by atoms with Crippen molar-refractivity contribution >= 4 is 33.4 Å². The van der Waals surface area contributed by atoms with Crippen LogP contribution < -0.4 is 15.1 Å². The number of carbonyl (C=O) groups is 2. The molecule has 2 aliphatic rings. The van der Waals surface area contributed by atoms with E-state index in [1.807, 2.05) is 0 Å². The summed E-state index contributed by atoms with van der Waals surface area (Å²) < 4.78 is 0. The van der Waals surface area contributed by atoms with Crippen molar-refractivity contribution in [3.05, 3.63) is 0 Å². The lowest BCUT2D eigenvalue weighted by atomic mass is 9.97. The maximum absolute atomic E-state index is 12.4. The number of nitrogens with one attached hydrogen (secondary N) is 1. The Balaban J connectivity index is 1.57. The van der Waals surface area contributed by atoms with Crippen LogP contribution in [0, 0.1) is 11.8 Å². The summed E-state index contributed by atoms with van der Waals surface area (Å²) in [4.78, 5) is 28.4. The Labute approximate surface area is 159 Å². The van der Waals surface area contributed by atoms with Crippen molar-refractivity contribution in [2.45, 2.75) is 52.4 Å². The molecular formula is C18H29N5O2S. The molecule has 2 aliphatic heterocycles. The Kier molecular flexibility index (Phi) is 6.45. The van der Waals surface area contributed by atoms with E-state index in [1.54, 1.807) is 4.90 Å². The number of hydrogen-bond acceptors (Lipinski definition) is 6. The van der Waals surface area contributed by atoms with Gasteiger partial charge in [-0.2, -0.15) is 0 Å². The lowest BCUT2D eigenvalue weighted by Gasteiger charge is -2.31. The molecule has 0 radical (unpaired) electrons. The van der Waals surface area contributed by atoms with E-state index in [0.717, 1.165) is 56.9 Å². The fraction of sp³-hybridized carbons (Fsp3) is 0.778. The van der Waals surface area contributed by atoms with Crippen LogP contribution in [-0.4, -0.2) is 48.2 Å². The van der Waals surface area contributed by atoms with E-state index in [-0.39, 0.29) is 17.7 Å². The molecule has 2 saturated heterocycles. The van der Waals surface area contributed by atoms with Gasteiger partial charge in [-0.05, 0) is 38.0 Å². The predicted molar refractivity (Wildman–Crippen MR) is 104 cm³/mol. The van der Waals surface area contributed by atoms with Crippen molar-refractivity contribution in [2.75, 3.05) is 36.0 Å². The average molecular weight is 380 g/mol. The van der Waals surface area contributed by atoms with Gasteiger partial charge in [-0.3, -0.25) is 14.5 Å². The molecule has 0 aromatic carbocycles. The molecule has 2 amide bonds. The highest BCUT2D eigenvalue weighted by atomic mass is 32.1. The molecule has 144 valence electrons. The summed E-state index contributed by atoms with van der Waals surface area (Å²) in [5, 5.41) is 13.1. The van der Waals surface area contributed by atoms with Crippen LogP contribution in [0.1, 0.15) is 52.4 Å². The zero-order valence-electron chi connectivity index (χ0n) is 15.7. The summed E-state index contributed by atoms with van der Waals surface area (Å²) in [5.74, 6) is 0.877. The first kappa shape index (κ1) is 19.1. The average Bonchev–Trinajstić information content (AvgIpc) is 3.12. The summed E-state index contributed by atoms with van der Waals surface area (Å²) in [5.41, 5.74) is 0. The van der Waals surface area contributed by atoms with Crippen LogP contribution in [0.2, 0.25) is 0 Å². The molecule has 26 heavy (non-hydrogen) atoms. The Bertz CT molecular complexity index is 633. The summed E-state index contributed by atoms with van der Waals surface area (Å²) >= 11 is 1.46. The monoisotopic (exact) mass is 379 g/mol. The lowest BCUT2D eigenvalue weighted by molar-refractivity contribution is -0.125. The molecule has 0 saturated carbocycles. The molecule has 0 aliphatic carbocycles. The number of aromatic nitrogens is 2. The zero-order valence-corrected chi connectivity index (χ0v) is 16.6. The highest BCUT2D eigenvalue weighted by Gasteiger charge is 2.29. The fourth-order valence-electron chi connectivity index (χ4n) is 3.45. The first-order valence-corrected chi connectivity index (χ1v) is 10.5. The van der Waals surface area contributed by atoms with Gasteiger partial charge in [-0.25, -0.2) is 0 Å². The molecule has 1 aromatic rings. The van der Waals surface area contributed by atoms with Crippen molar-refractivity contribution < 1.29 is 9.59 Å². The Morgan fingerprint density at radius 1 is 1.23 bits per heavy atom. The minimum absolute atomic E-state index is 0.000110. The molecule has 3 rings (SSSR count). The van der Waals surface area contributed by atoms with Crippen molar-refractivity contribution in [3.63, 3.8) is 0 Å². The molecule has 0 bridgehead atoms. The van der Waals surface area contributed by atoms with Gasteiger partial charge in [0, 0.05) is 32.6 Å². The number of anilines is 2. The standard InChI is InChI=1S/C18H29N5O2S/c1-13(2)8-9-19-16(25)14-6-5-10-22(12-14)17-20-21-18(26-17)23-11-4-3-7-15(23)24/h13-14H,3-12H2,1-2H3,(H,19,25). The molecule has 1 N–H and O–H groups in total. The lowest BCUT2D eigenvalue weighted by Crippen LogP contribution is -2.43. The minimum atomic E-state index is -0.000110. The molecule has 7 nitrogen and oxygen atoms in total. The minimum Gasteiger partial charge on any atom is -0.356 e. The van der Waals surface area contributed by atoms with Gasteiger partial charge in [0.25, 0.3) is 0 Å². The smallest absolute Gasteiger partial charge is 0.228 e. The van der Waals surface area contributed by atoms with Crippen LogP contribution in [0.4, 0.5) is 10.3 Å². The molecular weight excluding hydrogens is 350 g/mol. The van der Waals surface area contributed by atoms with E-state index in [0.29, 0.717) is 24.0 Å². The SMILES string of the molecule is CC(C)CCNC(=O)C1CCCN(c2nnc(N3CCCCC3=O)s2)C1. The molecule has 1 atom stereocenters. The second-order valence-corrected chi connectivity index (χ2v) is 8.56. The van der Waals surface area contributed by atoms with Crippen molar-refractivity contribution in [1.29, 1.82) is 0 Å². The fourth-order valence-corrected chi connectivity index (χ4v) is 4.37. The van der Waals surface area contributed by atoms with E-state index >= 15 is 0 Å². The van der Waals surface area contributed by atoms with Gasteiger partial charge in [0.1, 0.15) is 0 Å². The number of amides is 2. The first-order chi connectivity index (χ1) is 12.5. The predicted octanol–water partition coefficient (Wildman–Crippen LogP) is 2.43. The highest BCUT2D eigenvalue weighted by Crippen LogP contribution is 2.32. The van der Waals surface area contributed by atoms with Crippen molar-refractivity contribution in [1.82, 2.24) is 15.5 Å². The highest BCUT2D eigenvalue weighted by molar-refractivity contribution is 7.19. The van der Waals surface area contributed by atoms with Crippen LogP contribution in [0.3, 0.4) is 0 Å². The van der Waals surface area contributed by atoms with E-state index in [2.05, 4.69) is 34.3 Å². The van der Waals surface area contributed by atoms with Crippen molar-refractivity contribution in [2.24, 2.45) is 11.8 Å². The van der Waals surface area contributed by atoms with Crippen LogP contribution >= 0.6 is 11.3 Å². The number of carbonyl (C=O) groups excluding carboxylic acids is 2. The molecule has 1 aromatic heterocycles. The normalized spacial score (nSPS) is 21.3. The summed E-state index contributed by atoms with van der Waals surface area (Å²) in [6, 6.07) is 0. The van der Waals surface area contributed by atoms with E-state index in [1.165, 1.54) is 11.3 Å². The van der Waals surface area contributed by atoms with Crippen molar-refractivity contribution in [3.8, 4) is 0 Å². The van der Waals surface area contributed by atoms with Gasteiger partial charge in [0.15, 0.2) is 0 Å². The first-order valence-electron chi connectivity index (χ1n) is 9.71. The Morgan fingerprint density at radius 2 is 2.04 bits per heavy atom. The van der Waals surface area contributed by atoms with Gasteiger partial charge in [-0.1, -0.05) is 25.2 Å². The second kappa shape index (κ2) is 8.79. The van der Waals surface area contributed by atoms with Gasteiger partial charge in [0.2, 0.25) is 22.1 Å². The van der Waals surface area contributed by atoms with E-state index in [4.69, 9.17) is 0 Å². The van der Waals surface area contributed by atoms with Gasteiger partial charge in [-0.15, -0.1) is 10.2 Å². The maximum Gasteiger partial charge on any atom is 0.228 e. The number of piperidine rings is 2. The van der Waals surface area contributed by atoms with Crippen LogP contribution in [0.5, 0.6) is 0 Å². The maximum atomic E-state index is 12.4. The summed E-state index contributed by atoms with van der Waals surface area (Å²) in [6.45, 7) is 7.36. The third kappa shape index (κ3) is 4.72. The van der Waals surface area contributed by atoms with Crippen LogP contribution in [0.25, 0.3) is 0 Å². The quantitative estimate of drug-likeness (QED) is 0.821. The Morgan fingerprint density at radius 3 is 2.81 bits per heavy atom. The van der Waals surface area contributed by atoms with Gasteiger partial charge < -0.3 is 10.2 Å². The number of nitrogens with zero attached hydrogens (tertiary/aromatic N) is 4. The van der Waals surface area contributed by atoms with Gasteiger partial charge >= 0.3 is 0 Å². The number of rotatable bonds is 6. The Hall–Kier alpha value is -1.70. The van der Waals surface area contributed by atoms with E-state index in [9.17, 15) is 9.59 Å². The van der Waals surface area contributed by atoms with Crippen LogP contribution in [-0.2, 0) is 9.59 Å². The third-order valence-corrected chi connectivity index (χ3v) is 6.05. The van der Waals surface area contributed by atoms with Crippen LogP contribution in [0.15, 0.2) is 0 Å². The summed E-state index contributed by atoms with van der Waals surface area (Å²) in [6.07, 6.45) is 5.47. The molecule has 0 spiro atoms. The molecule has 2 fully saturated rings.